The lowest BCUT2D eigenvalue weighted by Gasteiger charge is -2.14. The van der Waals surface area contributed by atoms with Gasteiger partial charge in [0.05, 0.1) is 37.5 Å². The first-order valence-corrected chi connectivity index (χ1v) is 10.1. The maximum atomic E-state index is 12.0. The second-order valence-corrected chi connectivity index (χ2v) is 6.81. The van der Waals surface area contributed by atoms with Crippen LogP contribution in [0.3, 0.4) is 0 Å². The Labute approximate surface area is 195 Å². The van der Waals surface area contributed by atoms with Gasteiger partial charge in [-0.3, -0.25) is 0 Å². The molecule has 11 nitrogen and oxygen atoms in total. The number of nitrogens with two attached hydrogens (primary N) is 1. The molecule has 1 heterocycles. The summed E-state index contributed by atoms with van der Waals surface area (Å²) in [5.74, 6) is -1.13. The first kappa shape index (κ1) is 24.0. The number of ether oxygens (including phenoxy) is 3. The van der Waals surface area contributed by atoms with E-state index in [9.17, 15) is 14.4 Å². The van der Waals surface area contributed by atoms with E-state index in [0.717, 1.165) is 0 Å². The van der Waals surface area contributed by atoms with E-state index in [0.29, 0.717) is 22.8 Å². The van der Waals surface area contributed by atoms with Gasteiger partial charge in [0.25, 0.3) is 0 Å². The molecule has 0 saturated heterocycles. The first-order valence-electron chi connectivity index (χ1n) is 10.1. The average Bonchev–Trinajstić information content (AvgIpc) is 2.85. The van der Waals surface area contributed by atoms with Gasteiger partial charge in [-0.05, 0) is 49.4 Å². The van der Waals surface area contributed by atoms with Crippen molar-refractivity contribution < 1.29 is 28.6 Å². The molecule has 0 amide bonds. The van der Waals surface area contributed by atoms with Crippen LogP contribution in [0.4, 0.5) is 28.7 Å². The molecule has 1 aromatic heterocycles. The number of nitrogen functional groups attached to an aromatic ring is 1. The summed E-state index contributed by atoms with van der Waals surface area (Å²) in [6, 6.07) is 10.9. The number of aromatic nitrogens is 2. The van der Waals surface area contributed by atoms with Gasteiger partial charge < -0.3 is 30.6 Å². The van der Waals surface area contributed by atoms with E-state index in [2.05, 4.69) is 20.6 Å². The molecule has 34 heavy (non-hydrogen) atoms. The molecule has 0 bridgehead atoms. The third kappa shape index (κ3) is 5.57. The molecule has 3 aromatic rings. The zero-order valence-corrected chi connectivity index (χ0v) is 18.7. The van der Waals surface area contributed by atoms with E-state index in [1.54, 1.807) is 31.2 Å². The fourth-order valence-electron chi connectivity index (χ4n) is 2.94. The van der Waals surface area contributed by atoms with Crippen molar-refractivity contribution in [1.82, 2.24) is 9.97 Å². The highest BCUT2D eigenvalue weighted by molar-refractivity contribution is 5.97. The minimum Gasteiger partial charge on any atom is -0.465 e. The van der Waals surface area contributed by atoms with E-state index in [1.165, 1.54) is 38.7 Å². The highest BCUT2D eigenvalue weighted by Crippen LogP contribution is 2.29. The van der Waals surface area contributed by atoms with E-state index < -0.39 is 17.9 Å². The van der Waals surface area contributed by atoms with E-state index in [-0.39, 0.29) is 29.2 Å². The van der Waals surface area contributed by atoms with Crippen LogP contribution in [-0.4, -0.2) is 48.7 Å². The summed E-state index contributed by atoms with van der Waals surface area (Å²) in [5.41, 5.74) is 8.10. The van der Waals surface area contributed by atoms with E-state index in [1.807, 2.05) is 0 Å². The van der Waals surface area contributed by atoms with Crippen molar-refractivity contribution in [2.75, 3.05) is 37.2 Å². The SMILES string of the molecule is CCOC(=O)c1ccc(Nc2ncnc(Nc3cc(C(=O)OC)cc(C(=O)OC)c3)c2N)cc1. The Kier molecular flexibility index (Phi) is 7.60. The number of anilines is 5. The molecule has 0 aliphatic rings. The van der Waals surface area contributed by atoms with Crippen LogP contribution in [0.15, 0.2) is 48.8 Å². The van der Waals surface area contributed by atoms with Gasteiger partial charge in [0.1, 0.15) is 12.0 Å². The topological polar surface area (TPSA) is 155 Å². The fourth-order valence-corrected chi connectivity index (χ4v) is 2.94. The second-order valence-electron chi connectivity index (χ2n) is 6.81. The number of benzene rings is 2. The molecule has 176 valence electrons. The zero-order chi connectivity index (χ0) is 24.7. The normalized spacial score (nSPS) is 10.2. The van der Waals surface area contributed by atoms with Gasteiger partial charge in [0, 0.05) is 11.4 Å². The number of hydrogen-bond acceptors (Lipinski definition) is 11. The number of carbonyl (C=O) groups is 3. The van der Waals surface area contributed by atoms with Crippen LogP contribution < -0.4 is 16.4 Å². The molecule has 0 aliphatic carbocycles. The lowest BCUT2D eigenvalue weighted by molar-refractivity contribution is 0.0524. The van der Waals surface area contributed by atoms with Crippen molar-refractivity contribution in [3.05, 3.63) is 65.5 Å². The quantitative estimate of drug-likeness (QED) is 0.331. The molecule has 0 fully saturated rings. The van der Waals surface area contributed by atoms with Gasteiger partial charge in [-0.1, -0.05) is 0 Å². The maximum absolute atomic E-state index is 12.0. The predicted molar refractivity (Wildman–Crippen MR) is 125 cm³/mol. The van der Waals surface area contributed by atoms with Crippen molar-refractivity contribution in [3.8, 4) is 0 Å². The van der Waals surface area contributed by atoms with Crippen LogP contribution in [0.25, 0.3) is 0 Å². The number of rotatable bonds is 8. The number of methoxy groups -OCH3 is 2. The summed E-state index contributed by atoms with van der Waals surface area (Å²) in [5, 5.41) is 6.04. The summed E-state index contributed by atoms with van der Waals surface area (Å²) in [6.45, 7) is 2.02. The monoisotopic (exact) mass is 465 g/mol. The fraction of sp³-hybridized carbons (Fsp3) is 0.174. The summed E-state index contributed by atoms with van der Waals surface area (Å²) >= 11 is 0. The first-order chi connectivity index (χ1) is 16.4. The summed E-state index contributed by atoms with van der Waals surface area (Å²) in [6.07, 6.45) is 1.29. The summed E-state index contributed by atoms with van der Waals surface area (Å²) < 4.78 is 14.5. The van der Waals surface area contributed by atoms with Gasteiger partial charge in [0.2, 0.25) is 0 Å². The Morgan fingerprint density at radius 2 is 1.32 bits per heavy atom. The third-order valence-electron chi connectivity index (χ3n) is 4.58. The largest absolute Gasteiger partial charge is 0.465 e. The standard InChI is InChI=1S/C23H23N5O6/c1-4-34-23(31)13-5-7-16(8-6-13)27-19-18(24)20(26-12-25-19)28-17-10-14(21(29)32-2)9-15(11-17)22(30)33-3/h5-12H,4,24H2,1-3H3,(H2,25,26,27,28). The number of esters is 3. The molecule has 0 spiro atoms. The van der Waals surface area contributed by atoms with Crippen molar-refractivity contribution in [2.45, 2.75) is 6.92 Å². The number of hydrogen-bond donors (Lipinski definition) is 3. The maximum Gasteiger partial charge on any atom is 0.338 e. The van der Waals surface area contributed by atoms with Gasteiger partial charge in [-0.25, -0.2) is 24.4 Å². The van der Waals surface area contributed by atoms with Gasteiger partial charge >= 0.3 is 17.9 Å². The van der Waals surface area contributed by atoms with Crippen LogP contribution in [0.5, 0.6) is 0 Å². The van der Waals surface area contributed by atoms with E-state index in [4.69, 9.17) is 19.9 Å². The van der Waals surface area contributed by atoms with Crippen molar-refractivity contribution in [2.24, 2.45) is 0 Å². The number of nitrogens with one attached hydrogen (secondary N) is 2. The minimum atomic E-state index is -0.627. The lowest BCUT2D eigenvalue weighted by Crippen LogP contribution is -2.09. The Balaban J connectivity index is 1.86. The van der Waals surface area contributed by atoms with Crippen molar-refractivity contribution >= 4 is 46.6 Å². The molecule has 0 saturated carbocycles. The number of nitrogens with zero attached hydrogens (tertiary/aromatic N) is 2. The van der Waals surface area contributed by atoms with Crippen LogP contribution in [0, 0.1) is 0 Å². The second kappa shape index (κ2) is 10.8. The Morgan fingerprint density at radius 1 is 0.794 bits per heavy atom. The lowest BCUT2D eigenvalue weighted by atomic mass is 10.1. The number of carbonyl (C=O) groups excluding carboxylic acids is 3. The molecule has 0 unspecified atom stereocenters. The Morgan fingerprint density at radius 3 is 1.82 bits per heavy atom. The highest BCUT2D eigenvalue weighted by Gasteiger charge is 2.16. The van der Waals surface area contributed by atoms with Crippen LogP contribution in [-0.2, 0) is 14.2 Å². The van der Waals surface area contributed by atoms with Gasteiger partial charge in [-0.2, -0.15) is 0 Å². The molecule has 0 aliphatic heterocycles. The van der Waals surface area contributed by atoms with Crippen molar-refractivity contribution in [3.63, 3.8) is 0 Å². The van der Waals surface area contributed by atoms with Crippen LogP contribution in [0.1, 0.15) is 38.0 Å². The molecule has 4 N–H and O–H groups in total. The molecule has 11 heteroatoms. The molecule has 0 radical (unpaired) electrons. The van der Waals surface area contributed by atoms with Crippen molar-refractivity contribution in [1.29, 1.82) is 0 Å². The average molecular weight is 465 g/mol. The van der Waals surface area contributed by atoms with E-state index >= 15 is 0 Å². The molecule has 0 atom stereocenters. The van der Waals surface area contributed by atoms with Gasteiger partial charge in [0.15, 0.2) is 11.6 Å². The zero-order valence-electron chi connectivity index (χ0n) is 18.7. The predicted octanol–water partition coefficient (Wildman–Crippen LogP) is 3.30. The van der Waals surface area contributed by atoms with Crippen LogP contribution >= 0.6 is 0 Å². The summed E-state index contributed by atoms with van der Waals surface area (Å²) in [4.78, 5) is 44.1. The molecular weight excluding hydrogens is 442 g/mol. The summed E-state index contributed by atoms with van der Waals surface area (Å²) in [7, 11) is 2.47. The highest BCUT2D eigenvalue weighted by atomic mass is 16.5. The molecule has 3 rings (SSSR count). The Hall–Kier alpha value is -4.67. The van der Waals surface area contributed by atoms with Crippen LogP contribution in [0.2, 0.25) is 0 Å². The molecular formula is C23H23N5O6. The third-order valence-corrected chi connectivity index (χ3v) is 4.58. The minimum absolute atomic E-state index is 0.139. The molecule has 2 aromatic carbocycles. The smallest absolute Gasteiger partial charge is 0.338 e. The Bertz CT molecular complexity index is 1180. The van der Waals surface area contributed by atoms with Gasteiger partial charge in [-0.15, -0.1) is 0 Å².